The molecule has 0 saturated carbocycles. The topological polar surface area (TPSA) is 71.4 Å². The van der Waals surface area contributed by atoms with Gasteiger partial charge in [-0.2, -0.15) is 0 Å². The lowest BCUT2D eigenvalue weighted by molar-refractivity contribution is 0.100. The standard InChI is InChI=1S/C18H28N3O4P/c1-3-13-25-26(24-4-2)15-21-11-9-20(10-12-21)14-16-5-7-17(8-6-16)18(22)19-23/h5-8H,3-4,9-15H2,1-2H3. The van der Waals surface area contributed by atoms with Crippen molar-refractivity contribution in [3.8, 4) is 0 Å². The molecule has 144 valence electrons. The summed E-state index contributed by atoms with van der Waals surface area (Å²) >= 11 is 0. The van der Waals surface area contributed by atoms with E-state index in [0.717, 1.165) is 57.6 Å². The number of hydrogen-bond acceptors (Lipinski definition) is 6. The van der Waals surface area contributed by atoms with E-state index in [9.17, 15) is 9.70 Å². The number of rotatable bonds is 10. The minimum atomic E-state index is -0.823. The van der Waals surface area contributed by atoms with Gasteiger partial charge in [-0.15, -0.1) is 4.91 Å². The molecule has 26 heavy (non-hydrogen) atoms. The van der Waals surface area contributed by atoms with Crippen LogP contribution in [0.25, 0.3) is 0 Å². The lowest BCUT2D eigenvalue weighted by Crippen LogP contribution is -2.45. The van der Waals surface area contributed by atoms with Gasteiger partial charge in [0.1, 0.15) is 0 Å². The monoisotopic (exact) mass is 381 g/mol. The molecule has 1 atom stereocenters. The molecule has 1 aliphatic heterocycles. The number of hydrogen-bond donors (Lipinski definition) is 0. The number of piperazine rings is 1. The van der Waals surface area contributed by atoms with Crippen molar-refractivity contribution < 1.29 is 13.8 Å². The van der Waals surface area contributed by atoms with Crippen LogP contribution < -0.4 is 0 Å². The molecule has 0 aromatic heterocycles. The molecule has 1 aromatic rings. The third kappa shape index (κ3) is 6.82. The molecule has 1 aliphatic rings. The zero-order valence-corrected chi connectivity index (χ0v) is 16.5. The molecule has 1 amide bonds. The Hall–Kier alpha value is -1.24. The molecule has 0 radical (unpaired) electrons. The second kappa shape index (κ2) is 11.5. The maximum atomic E-state index is 11.2. The zero-order chi connectivity index (χ0) is 18.8. The lowest BCUT2D eigenvalue weighted by atomic mass is 10.1. The van der Waals surface area contributed by atoms with Gasteiger partial charge in [-0.3, -0.25) is 14.6 Å². The van der Waals surface area contributed by atoms with Crippen molar-refractivity contribution in [3.05, 3.63) is 40.3 Å². The van der Waals surface area contributed by atoms with E-state index in [0.29, 0.717) is 12.2 Å². The van der Waals surface area contributed by atoms with Gasteiger partial charge in [0, 0.05) is 43.5 Å². The summed E-state index contributed by atoms with van der Waals surface area (Å²) in [6.45, 7) is 10.3. The van der Waals surface area contributed by atoms with Gasteiger partial charge in [0.25, 0.3) is 0 Å². The van der Waals surface area contributed by atoms with Gasteiger partial charge in [-0.1, -0.05) is 19.1 Å². The molecule has 0 bridgehead atoms. The highest BCUT2D eigenvalue weighted by Gasteiger charge is 2.21. The first kappa shape index (κ1) is 21.1. The normalized spacial score (nSPS) is 17.2. The number of carbonyl (C=O) groups is 1. The number of amides is 1. The highest BCUT2D eigenvalue weighted by molar-refractivity contribution is 7.47. The van der Waals surface area contributed by atoms with E-state index in [4.69, 9.17) is 9.05 Å². The first-order valence-corrected chi connectivity index (χ1v) is 10.5. The summed E-state index contributed by atoms with van der Waals surface area (Å²) in [5.74, 6) is -0.721. The van der Waals surface area contributed by atoms with E-state index in [2.05, 4.69) is 21.9 Å². The lowest BCUT2D eigenvalue weighted by Gasteiger charge is -2.35. The first-order valence-electron chi connectivity index (χ1n) is 9.11. The third-order valence-electron chi connectivity index (χ3n) is 4.18. The predicted octanol–water partition coefficient (Wildman–Crippen LogP) is 3.44. The van der Waals surface area contributed by atoms with Crippen LogP contribution in [0.15, 0.2) is 29.4 Å². The van der Waals surface area contributed by atoms with Crippen molar-refractivity contribution >= 4 is 14.3 Å². The van der Waals surface area contributed by atoms with Crippen LogP contribution >= 0.6 is 8.38 Å². The highest BCUT2D eigenvalue weighted by atomic mass is 31.2. The Kier molecular flexibility index (Phi) is 9.29. The van der Waals surface area contributed by atoms with E-state index >= 15 is 0 Å². The van der Waals surface area contributed by atoms with Gasteiger partial charge in [0.05, 0.1) is 19.5 Å². The van der Waals surface area contributed by atoms with Crippen molar-refractivity contribution in [3.63, 3.8) is 0 Å². The van der Waals surface area contributed by atoms with E-state index < -0.39 is 14.3 Å². The quantitative estimate of drug-likeness (QED) is 0.457. The summed E-state index contributed by atoms with van der Waals surface area (Å²) in [7, 11) is -0.823. The van der Waals surface area contributed by atoms with Crippen LogP contribution in [0, 0.1) is 4.91 Å². The summed E-state index contributed by atoms with van der Waals surface area (Å²) in [5, 5.41) is 2.44. The molecule has 7 nitrogen and oxygen atoms in total. The number of nitrogens with zero attached hydrogens (tertiary/aromatic N) is 3. The molecule has 1 fully saturated rings. The molecule has 1 unspecified atom stereocenters. The molecule has 1 saturated heterocycles. The van der Waals surface area contributed by atoms with Gasteiger partial charge in [-0.25, -0.2) is 0 Å². The highest BCUT2D eigenvalue weighted by Crippen LogP contribution is 2.39. The summed E-state index contributed by atoms with van der Waals surface area (Å²) in [5.41, 5.74) is 1.47. The summed E-state index contributed by atoms with van der Waals surface area (Å²) < 4.78 is 11.6. The fraction of sp³-hybridized carbons (Fsp3) is 0.611. The van der Waals surface area contributed by atoms with Crippen LogP contribution in [0.3, 0.4) is 0 Å². The Bertz CT molecular complexity index is 562. The fourth-order valence-corrected chi connectivity index (χ4v) is 4.29. The summed E-state index contributed by atoms with van der Waals surface area (Å²) in [4.78, 5) is 26.3. The molecular weight excluding hydrogens is 353 g/mol. The molecule has 1 aromatic carbocycles. The Labute approximate surface area is 156 Å². The van der Waals surface area contributed by atoms with Crippen LogP contribution in [-0.4, -0.2) is 61.4 Å². The SMILES string of the molecule is CCCOP(CN1CCN(Cc2ccc(C(=O)N=O)cc2)CC1)OCC. The smallest absolute Gasteiger partial charge is 0.316 e. The van der Waals surface area contributed by atoms with Crippen LogP contribution in [0.5, 0.6) is 0 Å². The zero-order valence-electron chi connectivity index (χ0n) is 15.6. The van der Waals surface area contributed by atoms with Crippen LogP contribution in [0.4, 0.5) is 0 Å². The second-order valence-corrected chi connectivity index (χ2v) is 7.68. The third-order valence-corrected chi connectivity index (χ3v) is 5.83. The Morgan fingerprint density at radius 2 is 1.73 bits per heavy atom. The maximum Gasteiger partial charge on any atom is 0.316 e. The van der Waals surface area contributed by atoms with Gasteiger partial charge in [-0.05, 0) is 31.0 Å². The van der Waals surface area contributed by atoms with Crippen molar-refractivity contribution in [2.45, 2.75) is 26.8 Å². The minimum Gasteiger partial charge on any atom is -0.333 e. The van der Waals surface area contributed by atoms with E-state index in [1.165, 1.54) is 0 Å². The summed E-state index contributed by atoms with van der Waals surface area (Å²) in [6, 6.07) is 7.10. The number of carbonyl (C=O) groups excluding carboxylic acids is 1. The van der Waals surface area contributed by atoms with Gasteiger partial charge >= 0.3 is 5.91 Å². The second-order valence-electron chi connectivity index (χ2n) is 6.21. The fourth-order valence-electron chi connectivity index (χ4n) is 2.77. The molecule has 0 aliphatic carbocycles. The van der Waals surface area contributed by atoms with Crippen molar-refractivity contribution in [1.82, 2.24) is 9.80 Å². The maximum absolute atomic E-state index is 11.2. The predicted molar refractivity (Wildman–Crippen MR) is 103 cm³/mol. The van der Waals surface area contributed by atoms with Gasteiger partial charge in [0.15, 0.2) is 8.38 Å². The first-order chi connectivity index (χ1) is 12.7. The molecule has 0 spiro atoms. The van der Waals surface area contributed by atoms with Gasteiger partial charge in [0.2, 0.25) is 0 Å². The van der Waals surface area contributed by atoms with Crippen molar-refractivity contribution in [1.29, 1.82) is 0 Å². The number of benzene rings is 1. The van der Waals surface area contributed by atoms with E-state index in [1.54, 1.807) is 12.1 Å². The van der Waals surface area contributed by atoms with E-state index in [1.807, 2.05) is 19.1 Å². The van der Waals surface area contributed by atoms with Crippen molar-refractivity contribution in [2.75, 3.05) is 45.7 Å². The van der Waals surface area contributed by atoms with Crippen LogP contribution in [0.1, 0.15) is 36.2 Å². The number of nitroso groups, excluding NO2 is 1. The Balaban J connectivity index is 1.77. The molecule has 1 heterocycles. The van der Waals surface area contributed by atoms with Crippen LogP contribution in [-0.2, 0) is 15.6 Å². The average molecular weight is 381 g/mol. The van der Waals surface area contributed by atoms with Gasteiger partial charge < -0.3 is 9.05 Å². The molecule has 8 heteroatoms. The van der Waals surface area contributed by atoms with Crippen LogP contribution in [0.2, 0.25) is 0 Å². The largest absolute Gasteiger partial charge is 0.333 e. The average Bonchev–Trinajstić information content (AvgIpc) is 2.67. The molecule has 2 rings (SSSR count). The Morgan fingerprint density at radius 1 is 1.08 bits per heavy atom. The summed E-state index contributed by atoms with van der Waals surface area (Å²) in [6.07, 6.45) is 1.87. The molecular formula is C18H28N3O4P. The Morgan fingerprint density at radius 3 is 2.31 bits per heavy atom. The minimum absolute atomic E-state index is 0.338. The van der Waals surface area contributed by atoms with E-state index in [-0.39, 0.29) is 0 Å². The molecule has 0 N–H and O–H groups in total. The van der Waals surface area contributed by atoms with Crippen molar-refractivity contribution in [2.24, 2.45) is 5.18 Å².